The number of phenolic OH excluding ortho intramolecular Hbond substituents is 1. The zero-order valence-corrected chi connectivity index (χ0v) is 18.1. The molecule has 9 nitrogen and oxygen atoms in total. The summed E-state index contributed by atoms with van der Waals surface area (Å²) in [5, 5.41) is 21.8. The first kappa shape index (κ1) is 22.3. The number of carbonyl (C=O) groups excluding carboxylic acids is 5. The normalized spacial score (nSPS) is 34.2. The van der Waals surface area contributed by atoms with Gasteiger partial charge in [-0.1, -0.05) is 13.0 Å². The van der Waals surface area contributed by atoms with Crippen LogP contribution in [0.4, 0.5) is 0 Å². The van der Waals surface area contributed by atoms with Crippen molar-refractivity contribution in [3.63, 3.8) is 0 Å². The molecule has 0 aromatic heterocycles. The summed E-state index contributed by atoms with van der Waals surface area (Å²) >= 11 is 0. The Kier molecular flexibility index (Phi) is 5.09. The van der Waals surface area contributed by atoms with E-state index in [4.69, 9.17) is 5.73 Å². The van der Waals surface area contributed by atoms with Crippen LogP contribution < -0.4 is 5.73 Å². The average molecular weight is 442 g/mol. The van der Waals surface area contributed by atoms with Crippen LogP contribution in [-0.2, 0) is 32.0 Å². The third-order valence-corrected chi connectivity index (χ3v) is 7.42. The number of benzene rings is 1. The first-order chi connectivity index (χ1) is 15.0. The summed E-state index contributed by atoms with van der Waals surface area (Å²) in [5.41, 5.74) is 4.16. The van der Waals surface area contributed by atoms with Crippen LogP contribution >= 0.6 is 0 Å². The Morgan fingerprint density at radius 3 is 2.41 bits per heavy atom. The fraction of sp³-hybridized carbons (Fsp3) is 0.522. The molecule has 32 heavy (non-hydrogen) atoms. The minimum absolute atomic E-state index is 0.0379. The molecule has 2 fully saturated rings. The van der Waals surface area contributed by atoms with Gasteiger partial charge in [-0.25, -0.2) is 0 Å². The van der Waals surface area contributed by atoms with Crippen molar-refractivity contribution in [2.24, 2.45) is 29.4 Å². The largest absolute Gasteiger partial charge is 0.507 e. The van der Waals surface area contributed by atoms with E-state index in [0.717, 1.165) is 5.56 Å². The van der Waals surface area contributed by atoms with Crippen molar-refractivity contribution in [3.8, 4) is 5.75 Å². The van der Waals surface area contributed by atoms with Crippen molar-refractivity contribution in [1.29, 1.82) is 0 Å². The maximum Gasteiger partial charge on any atom is 0.235 e. The van der Waals surface area contributed by atoms with E-state index < -0.39 is 64.4 Å². The summed E-state index contributed by atoms with van der Waals surface area (Å²) in [5.74, 6) is -10.1. The number of aromatic hydroxyl groups is 1. The molecule has 2 saturated carbocycles. The van der Waals surface area contributed by atoms with Crippen molar-refractivity contribution in [2.75, 3.05) is 14.1 Å². The number of aryl methyl sites for hydroxylation is 1. The molecular formula is C23H26N2O7. The number of likely N-dealkylation sites (N-methyl/N-ethyl adjacent to an activating group) is 1. The van der Waals surface area contributed by atoms with Gasteiger partial charge >= 0.3 is 0 Å². The predicted octanol–water partition coefficient (Wildman–Crippen LogP) is -0.571. The van der Waals surface area contributed by atoms with Gasteiger partial charge in [0.15, 0.2) is 34.7 Å². The average Bonchev–Trinajstić information content (AvgIpc) is 2.70. The standard InChI is InChI=1S/C23H26N2O7/c1-4-9-5-6-13(26)15-11(9)7-10-8-12-17(25(2)3)19(28)16(22(24)31)21(30)23(12,32)20(29)14(10)18(15)27/h5-6,10,12,14,16-17,26,32H,4,7-8H2,1-3H3,(H2,24,31)/t10-,12-,14?,16?,17?,23-/m0/s1. The summed E-state index contributed by atoms with van der Waals surface area (Å²) in [4.78, 5) is 66.5. The summed E-state index contributed by atoms with van der Waals surface area (Å²) in [6.45, 7) is 1.92. The van der Waals surface area contributed by atoms with Crippen LogP contribution in [0.3, 0.4) is 0 Å². The highest BCUT2D eigenvalue weighted by atomic mass is 16.3. The van der Waals surface area contributed by atoms with Crippen LogP contribution in [0.15, 0.2) is 12.1 Å². The third kappa shape index (κ3) is 2.74. The molecule has 4 rings (SSSR count). The van der Waals surface area contributed by atoms with E-state index in [2.05, 4.69) is 0 Å². The molecule has 1 aromatic rings. The molecule has 170 valence electrons. The third-order valence-electron chi connectivity index (χ3n) is 7.42. The molecule has 0 spiro atoms. The molecule has 0 saturated heterocycles. The molecule has 0 heterocycles. The lowest BCUT2D eigenvalue weighted by Gasteiger charge is -2.52. The van der Waals surface area contributed by atoms with Gasteiger partial charge in [0.2, 0.25) is 5.91 Å². The number of ketones is 4. The monoisotopic (exact) mass is 442 g/mol. The van der Waals surface area contributed by atoms with Gasteiger partial charge < -0.3 is 15.9 Å². The number of nitrogens with zero attached hydrogens (tertiary/aromatic N) is 1. The summed E-state index contributed by atoms with van der Waals surface area (Å²) < 4.78 is 0. The number of phenols is 1. The van der Waals surface area contributed by atoms with Gasteiger partial charge in [-0.3, -0.25) is 28.9 Å². The van der Waals surface area contributed by atoms with Gasteiger partial charge in [0.25, 0.3) is 0 Å². The Labute approximate surface area is 184 Å². The van der Waals surface area contributed by atoms with E-state index in [1.807, 2.05) is 6.92 Å². The summed E-state index contributed by atoms with van der Waals surface area (Å²) in [7, 11) is 3.11. The SMILES string of the molecule is CCc1ccc(O)c2c1C[C@H]1C[C@H]3C(N(C)C)C(=O)C(C(N)=O)C(=O)[C@@]3(O)C(=O)C1C2=O. The Morgan fingerprint density at radius 1 is 1.19 bits per heavy atom. The predicted molar refractivity (Wildman–Crippen MR) is 111 cm³/mol. The lowest BCUT2D eigenvalue weighted by molar-refractivity contribution is -0.181. The van der Waals surface area contributed by atoms with Crippen molar-refractivity contribution in [2.45, 2.75) is 37.8 Å². The molecule has 0 bridgehead atoms. The molecule has 0 aliphatic heterocycles. The number of aliphatic hydroxyl groups is 1. The molecule has 3 aliphatic carbocycles. The van der Waals surface area contributed by atoms with Gasteiger partial charge in [0.1, 0.15) is 5.75 Å². The zero-order chi connectivity index (χ0) is 23.7. The first-order valence-electron chi connectivity index (χ1n) is 10.6. The molecule has 6 atom stereocenters. The molecule has 1 aromatic carbocycles. The molecule has 0 radical (unpaired) electrons. The highest BCUT2D eigenvalue weighted by Crippen LogP contribution is 2.50. The van der Waals surface area contributed by atoms with E-state index in [-0.39, 0.29) is 17.7 Å². The van der Waals surface area contributed by atoms with Gasteiger partial charge in [-0.15, -0.1) is 0 Å². The van der Waals surface area contributed by atoms with Crippen LogP contribution in [0.5, 0.6) is 5.75 Å². The highest BCUT2D eigenvalue weighted by Gasteiger charge is 2.69. The minimum atomic E-state index is -2.69. The van der Waals surface area contributed by atoms with Crippen LogP contribution in [0, 0.1) is 23.7 Å². The number of nitrogens with two attached hydrogens (primary N) is 1. The zero-order valence-electron chi connectivity index (χ0n) is 18.1. The van der Waals surface area contributed by atoms with Crippen molar-refractivity contribution in [3.05, 3.63) is 28.8 Å². The number of rotatable bonds is 3. The topological polar surface area (TPSA) is 155 Å². The van der Waals surface area contributed by atoms with Crippen LogP contribution in [-0.4, -0.2) is 69.9 Å². The molecule has 9 heteroatoms. The number of fused-ring (bicyclic) bond motifs is 3. The lowest BCUT2D eigenvalue weighted by atomic mass is 9.52. The fourth-order valence-electron chi connectivity index (χ4n) is 6.00. The quantitative estimate of drug-likeness (QED) is 0.526. The van der Waals surface area contributed by atoms with Crippen molar-refractivity contribution < 1.29 is 34.2 Å². The second-order valence-corrected chi connectivity index (χ2v) is 9.24. The highest BCUT2D eigenvalue weighted by molar-refractivity contribution is 6.32. The molecule has 1 amide bonds. The van der Waals surface area contributed by atoms with E-state index in [1.54, 1.807) is 20.2 Å². The number of Topliss-reactive ketones (excluding diaryl/α,β-unsaturated/α-hetero) is 4. The fourth-order valence-corrected chi connectivity index (χ4v) is 6.00. The summed E-state index contributed by atoms with van der Waals surface area (Å²) in [6, 6.07) is 2.04. The minimum Gasteiger partial charge on any atom is -0.507 e. The van der Waals surface area contributed by atoms with E-state index in [1.165, 1.54) is 11.0 Å². The molecule has 3 aliphatic rings. The van der Waals surface area contributed by atoms with Crippen LogP contribution in [0.25, 0.3) is 0 Å². The maximum atomic E-state index is 13.6. The number of hydrogen-bond acceptors (Lipinski definition) is 8. The Hall–Kier alpha value is -2.91. The van der Waals surface area contributed by atoms with E-state index in [9.17, 15) is 34.2 Å². The second kappa shape index (κ2) is 7.31. The van der Waals surface area contributed by atoms with Gasteiger partial charge in [-0.05, 0) is 56.5 Å². The van der Waals surface area contributed by atoms with Crippen LogP contribution in [0.2, 0.25) is 0 Å². The first-order valence-corrected chi connectivity index (χ1v) is 10.6. The molecular weight excluding hydrogens is 416 g/mol. The Morgan fingerprint density at radius 2 is 1.84 bits per heavy atom. The maximum absolute atomic E-state index is 13.6. The summed E-state index contributed by atoms with van der Waals surface area (Å²) in [6.07, 6.45) is 0.971. The Bertz CT molecular complexity index is 1080. The van der Waals surface area contributed by atoms with Gasteiger partial charge in [0.05, 0.1) is 17.5 Å². The molecule has 3 unspecified atom stereocenters. The lowest BCUT2D eigenvalue weighted by Crippen LogP contribution is -2.74. The van der Waals surface area contributed by atoms with E-state index >= 15 is 0 Å². The van der Waals surface area contributed by atoms with E-state index in [0.29, 0.717) is 18.4 Å². The Balaban J connectivity index is 1.88. The number of primary amides is 1. The van der Waals surface area contributed by atoms with Crippen LogP contribution in [0.1, 0.15) is 34.8 Å². The molecule has 4 N–H and O–H groups in total. The number of hydrogen-bond donors (Lipinski definition) is 3. The van der Waals surface area contributed by atoms with Crippen molar-refractivity contribution in [1.82, 2.24) is 4.90 Å². The van der Waals surface area contributed by atoms with Gasteiger partial charge in [-0.2, -0.15) is 0 Å². The number of amides is 1. The van der Waals surface area contributed by atoms with Crippen molar-refractivity contribution >= 4 is 29.0 Å². The van der Waals surface area contributed by atoms with Gasteiger partial charge in [0, 0.05) is 5.92 Å². The second-order valence-electron chi connectivity index (χ2n) is 9.24. The smallest absolute Gasteiger partial charge is 0.235 e. The number of carbonyl (C=O) groups is 5.